The van der Waals surface area contributed by atoms with Crippen molar-refractivity contribution in [2.45, 2.75) is 82.9 Å². The van der Waals surface area contributed by atoms with E-state index in [0.29, 0.717) is 37.1 Å². The van der Waals surface area contributed by atoms with Gasteiger partial charge in [-0.2, -0.15) is 12.6 Å². The third-order valence-electron chi connectivity index (χ3n) is 7.66. The molecule has 8 heteroatoms. The Morgan fingerprint density at radius 2 is 1.52 bits per heavy atom. The van der Waals surface area contributed by atoms with Crippen LogP contribution in [0.1, 0.15) is 87.1 Å². The number of ether oxygens (including phenoxy) is 2. The lowest BCUT2D eigenvalue weighted by molar-refractivity contribution is -0.163. The normalized spacial score (nSPS) is 18.6. The number of carbonyl (C=O) groups excluding carboxylic acids is 3. The molecule has 1 unspecified atom stereocenters. The van der Waals surface area contributed by atoms with E-state index in [9.17, 15) is 18.8 Å². The second-order valence-electron chi connectivity index (χ2n) is 11.5. The van der Waals surface area contributed by atoms with Crippen molar-refractivity contribution >= 4 is 30.4 Å². The molecule has 6 nitrogen and oxygen atoms in total. The van der Waals surface area contributed by atoms with Gasteiger partial charge in [0.15, 0.2) is 5.78 Å². The fraction of sp³-hybridized carbons (Fsp3) is 0.447. The molecule has 0 aromatic heterocycles. The summed E-state index contributed by atoms with van der Waals surface area (Å²) in [4.78, 5) is 39.1. The number of Topliss-reactive ketones (excluding diaryl/α,β-unsaturated/α-hetero) is 1. The monoisotopic (exact) mass is 649 g/mol. The molecule has 1 aromatic carbocycles. The van der Waals surface area contributed by atoms with Crippen LogP contribution < -0.4 is 0 Å². The highest BCUT2D eigenvalue weighted by molar-refractivity contribution is 7.81. The first-order chi connectivity index (χ1) is 22.4. The van der Waals surface area contributed by atoms with Crippen LogP contribution in [-0.4, -0.2) is 47.8 Å². The Kier molecular flexibility index (Phi) is 17.1. The molecule has 1 saturated carbocycles. The Bertz CT molecular complexity index is 1320. The average molecular weight is 650 g/mol. The van der Waals surface area contributed by atoms with Gasteiger partial charge in [-0.05, 0) is 69.4 Å². The Hall–Kier alpha value is -3.49. The lowest BCUT2D eigenvalue weighted by Gasteiger charge is -2.32. The number of halogens is 1. The van der Waals surface area contributed by atoms with Crippen LogP contribution in [0.3, 0.4) is 0 Å². The van der Waals surface area contributed by atoms with Crippen LogP contribution in [0.25, 0.3) is 0 Å². The van der Waals surface area contributed by atoms with Crippen LogP contribution in [0.2, 0.25) is 0 Å². The molecular weight excluding hydrogens is 601 g/mol. The van der Waals surface area contributed by atoms with E-state index in [4.69, 9.17) is 9.47 Å². The first-order valence-corrected chi connectivity index (χ1v) is 16.9. The number of hydrogen-bond acceptors (Lipinski definition) is 7. The summed E-state index contributed by atoms with van der Waals surface area (Å²) in [7, 11) is 0. The van der Waals surface area contributed by atoms with Crippen LogP contribution in [0, 0.1) is 11.7 Å². The number of hydrogen-bond donors (Lipinski definition) is 1. The standard InChI is InChI=1S/C38H48FNO5S/c1-2-3-4-5-6-7-8-9-10-11-12-13-14-15-16-17-21-36(41)44-29-45-37(42)26-31-27-40(25-24-35(31)46)28-33-32(19-18-20-34(33)39)38(43)30-22-23-30/h3-4,6-7,9-10,12-13,15-16,18-20,26,30,35,46H,2,5,8,11,14,17,21-25,27-29H2,1H3/b4-3-,7-6-,10-9-,13-12-,16-15-,31-26-. The molecule has 3 rings (SSSR count). The largest absolute Gasteiger partial charge is 0.428 e. The van der Waals surface area contributed by atoms with Crippen LogP contribution in [0.5, 0.6) is 0 Å². The number of benzene rings is 1. The van der Waals surface area contributed by atoms with Crippen molar-refractivity contribution in [3.63, 3.8) is 0 Å². The summed E-state index contributed by atoms with van der Waals surface area (Å²) in [5.41, 5.74) is 1.58. The number of esters is 2. The van der Waals surface area contributed by atoms with Gasteiger partial charge in [0.05, 0.1) is 0 Å². The van der Waals surface area contributed by atoms with E-state index < -0.39 is 24.5 Å². The summed E-state index contributed by atoms with van der Waals surface area (Å²) in [6, 6.07) is 4.65. The number of rotatable bonds is 19. The van der Waals surface area contributed by atoms with Crippen molar-refractivity contribution in [3.8, 4) is 0 Å². The molecular formula is C38H48FNO5S. The molecule has 2 fully saturated rings. The molecule has 1 aliphatic heterocycles. The molecule has 1 aromatic rings. The zero-order valence-electron chi connectivity index (χ0n) is 27.0. The Labute approximate surface area is 279 Å². The fourth-order valence-corrected chi connectivity index (χ4v) is 5.21. The highest BCUT2D eigenvalue weighted by Gasteiger charge is 2.33. The van der Waals surface area contributed by atoms with Gasteiger partial charge in [-0.1, -0.05) is 79.8 Å². The van der Waals surface area contributed by atoms with Gasteiger partial charge in [0.25, 0.3) is 0 Å². The maximum Gasteiger partial charge on any atom is 0.333 e. The first kappa shape index (κ1) is 37.0. The number of carbonyl (C=O) groups is 3. The molecule has 2 aliphatic rings. The van der Waals surface area contributed by atoms with Crippen molar-refractivity contribution in [1.82, 2.24) is 4.90 Å². The molecule has 46 heavy (non-hydrogen) atoms. The summed E-state index contributed by atoms with van der Waals surface area (Å²) < 4.78 is 24.9. The molecule has 0 radical (unpaired) electrons. The molecule has 1 atom stereocenters. The minimum absolute atomic E-state index is 0.00105. The Morgan fingerprint density at radius 1 is 0.891 bits per heavy atom. The van der Waals surface area contributed by atoms with E-state index in [-0.39, 0.29) is 29.9 Å². The summed E-state index contributed by atoms with van der Waals surface area (Å²) in [6.45, 7) is 2.98. The predicted molar refractivity (Wildman–Crippen MR) is 185 cm³/mol. The van der Waals surface area contributed by atoms with Crippen LogP contribution in [-0.2, 0) is 25.6 Å². The summed E-state index contributed by atoms with van der Waals surface area (Å²) in [5.74, 6) is -1.46. The molecule has 0 amide bonds. The third-order valence-corrected chi connectivity index (χ3v) is 8.25. The van der Waals surface area contributed by atoms with Gasteiger partial charge in [0, 0.05) is 54.4 Å². The first-order valence-electron chi connectivity index (χ1n) is 16.4. The molecule has 1 heterocycles. The summed E-state index contributed by atoms with van der Waals surface area (Å²) in [5, 5.41) is -0.150. The zero-order chi connectivity index (χ0) is 33.0. The topological polar surface area (TPSA) is 72.9 Å². The van der Waals surface area contributed by atoms with E-state index in [2.05, 4.69) is 68.2 Å². The van der Waals surface area contributed by atoms with E-state index in [1.165, 1.54) is 12.1 Å². The smallest absolute Gasteiger partial charge is 0.333 e. The third kappa shape index (κ3) is 14.3. The minimum atomic E-state index is -0.628. The molecule has 1 saturated heterocycles. The lowest BCUT2D eigenvalue weighted by Crippen LogP contribution is -2.36. The van der Waals surface area contributed by atoms with E-state index in [1.807, 2.05) is 17.1 Å². The highest BCUT2D eigenvalue weighted by atomic mass is 32.1. The Balaban J connectivity index is 1.30. The molecule has 0 N–H and O–H groups in total. The van der Waals surface area contributed by atoms with Gasteiger partial charge in [-0.3, -0.25) is 14.5 Å². The SMILES string of the molecule is CC/C=C\C/C=C\C/C=C\C/C=C\C/C=C\CCC(=O)OCOC(=O)/C=C1/CN(Cc2c(F)cccc2C(=O)C2CC2)CCC1S. The highest BCUT2D eigenvalue weighted by Crippen LogP contribution is 2.34. The number of likely N-dealkylation sites (tertiary alicyclic amines) is 1. The van der Waals surface area contributed by atoms with Crippen molar-refractivity contribution in [2.24, 2.45) is 5.92 Å². The van der Waals surface area contributed by atoms with Crippen molar-refractivity contribution in [1.29, 1.82) is 0 Å². The summed E-state index contributed by atoms with van der Waals surface area (Å²) >= 11 is 4.60. The van der Waals surface area contributed by atoms with E-state index in [0.717, 1.165) is 50.5 Å². The lowest BCUT2D eigenvalue weighted by atomic mass is 9.98. The van der Waals surface area contributed by atoms with Crippen LogP contribution in [0.4, 0.5) is 4.39 Å². The second kappa shape index (κ2) is 21.3. The van der Waals surface area contributed by atoms with Gasteiger partial charge in [-0.15, -0.1) is 0 Å². The molecule has 1 aliphatic carbocycles. The zero-order valence-corrected chi connectivity index (χ0v) is 27.8. The number of thiol groups is 1. The van der Waals surface area contributed by atoms with Crippen LogP contribution >= 0.6 is 12.6 Å². The number of piperidine rings is 1. The molecule has 0 bridgehead atoms. The van der Waals surface area contributed by atoms with Crippen molar-refractivity contribution < 1.29 is 28.2 Å². The minimum Gasteiger partial charge on any atom is -0.428 e. The van der Waals surface area contributed by atoms with E-state index in [1.54, 1.807) is 12.1 Å². The van der Waals surface area contributed by atoms with Crippen molar-refractivity contribution in [2.75, 3.05) is 19.9 Å². The van der Waals surface area contributed by atoms with Crippen LogP contribution in [0.15, 0.2) is 90.6 Å². The molecule has 248 valence electrons. The number of ketones is 1. The maximum atomic E-state index is 14.7. The van der Waals surface area contributed by atoms with Gasteiger partial charge < -0.3 is 9.47 Å². The fourth-order valence-electron chi connectivity index (χ4n) is 4.94. The quantitative estimate of drug-likeness (QED) is 0.0405. The Morgan fingerprint density at radius 3 is 2.15 bits per heavy atom. The maximum absolute atomic E-state index is 14.7. The molecule has 0 spiro atoms. The van der Waals surface area contributed by atoms with E-state index >= 15 is 0 Å². The van der Waals surface area contributed by atoms with Gasteiger partial charge in [0.1, 0.15) is 5.82 Å². The average Bonchev–Trinajstić information content (AvgIpc) is 3.89. The summed E-state index contributed by atoms with van der Waals surface area (Å²) in [6.07, 6.45) is 30.3. The van der Waals surface area contributed by atoms with Crippen molar-refractivity contribution in [3.05, 3.63) is 108 Å². The van der Waals surface area contributed by atoms with Gasteiger partial charge >= 0.3 is 11.9 Å². The van der Waals surface area contributed by atoms with Gasteiger partial charge in [-0.25, -0.2) is 9.18 Å². The second-order valence-corrected chi connectivity index (χ2v) is 12.1. The van der Waals surface area contributed by atoms with Gasteiger partial charge in [0.2, 0.25) is 6.79 Å². The predicted octanol–water partition coefficient (Wildman–Crippen LogP) is 8.42. The number of nitrogens with zero attached hydrogens (tertiary/aromatic N) is 1. The number of allylic oxidation sites excluding steroid dienone is 10.